The van der Waals surface area contributed by atoms with Crippen molar-refractivity contribution in [2.24, 2.45) is 0 Å². The molecule has 0 heterocycles. The molecule has 2 nitrogen and oxygen atoms in total. The van der Waals surface area contributed by atoms with Gasteiger partial charge in [0, 0.05) is 25.1 Å². The molecular formula is C15H16BrClN2. The van der Waals surface area contributed by atoms with E-state index in [0.717, 1.165) is 21.7 Å². The van der Waals surface area contributed by atoms with E-state index in [1.54, 1.807) is 0 Å². The third-order valence-electron chi connectivity index (χ3n) is 2.85. The lowest BCUT2D eigenvalue weighted by molar-refractivity contribution is 1.10. The summed E-state index contributed by atoms with van der Waals surface area (Å²) >= 11 is 9.43. The van der Waals surface area contributed by atoms with Crippen LogP contribution in [0.4, 0.5) is 11.4 Å². The van der Waals surface area contributed by atoms with Gasteiger partial charge >= 0.3 is 0 Å². The lowest BCUT2D eigenvalue weighted by Gasteiger charge is -2.18. The van der Waals surface area contributed by atoms with E-state index < -0.39 is 0 Å². The maximum atomic E-state index is 5.99. The largest absolute Gasteiger partial charge is 0.379 e. The number of hydrogen-bond donors (Lipinski definition) is 1. The molecule has 100 valence electrons. The summed E-state index contributed by atoms with van der Waals surface area (Å²) in [6.07, 6.45) is 0. The van der Waals surface area contributed by atoms with Crippen LogP contribution < -0.4 is 10.2 Å². The van der Waals surface area contributed by atoms with Crippen LogP contribution in [0.25, 0.3) is 0 Å². The third-order valence-corrected chi connectivity index (χ3v) is 4.07. The Kier molecular flexibility index (Phi) is 4.72. The van der Waals surface area contributed by atoms with E-state index >= 15 is 0 Å². The number of benzene rings is 2. The minimum Gasteiger partial charge on any atom is -0.379 e. The summed E-state index contributed by atoms with van der Waals surface area (Å²) in [6.45, 7) is 0.765. The Hall–Kier alpha value is -1.19. The van der Waals surface area contributed by atoms with Crippen molar-refractivity contribution in [3.8, 4) is 0 Å². The van der Waals surface area contributed by atoms with Crippen molar-refractivity contribution >= 4 is 38.9 Å². The monoisotopic (exact) mass is 338 g/mol. The summed E-state index contributed by atoms with van der Waals surface area (Å²) in [7, 11) is 4.08. The Morgan fingerprint density at radius 2 is 1.89 bits per heavy atom. The van der Waals surface area contributed by atoms with Gasteiger partial charge in [0.25, 0.3) is 0 Å². The first kappa shape index (κ1) is 14.2. The van der Waals surface area contributed by atoms with Crippen molar-refractivity contribution in [1.29, 1.82) is 0 Å². The summed E-state index contributed by atoms with van der Waals surface area (Å²) in [6, 6.07) is 14.2. The fourth-order valence-corrected chi connectivity index (χ4v) is 2.40. The minimum absolute atomic E-state index is 0.734. The Balaban J connectivity index is 2.12. The van der Waals surface area contributed by atoms with E-state index in [-0.39, 0.29) is 0 Å². The predicted octanol–water partition coefficient (Wildman–Crippen LogP) is 4.78. The van der Waals surface area contributed by atoms with Gasteiger partial charge in [-0.1, -0.05) is 29.8 Å². The van der Waals surface area contributed by atoms with E-state index in [1.807, 2.05) is 44.4 Å². The fraction of sp³-hybridized carbons (Fsp3) is 0.200. The number of para-hydroxylation sites is 2. The van der Waals surface area contributed by atoms with Gasteiger partial charge in [0.05, 0.1) is 16.4 Å². The van der Waals surface area contributed by atoms with Crippen molar-refractivity contribution in [3.05, 3.63) is 57.5 Å². The molecule has 2 aromatic rings. The molecule has 0 aliphatic heterocycles. The number of hydrogen-bond acceptors (Lipinski definition) is 2. The normalized spacial score (nSPS) is 10.3. The third kappa shape index (κ3) is 3.64. The molecular weight excluding hydrogens is 324 g/mol. The number of anilines is 2. The molecule has 0 fully saturated rings. The molecule has 19 heavy (non-hydrogen) atoms. The van der Waals surface area contributed by atoms with Gasteiger partial charge in [-0.2, -0.15) is 0 Å². The van der Waals surface area contributed by atoms with Gasteiger partial charge < -0.3 is 10.2 Å². The van der Waals surface area contributed by atoms with Crippen LogP contribution in [0.3, 0.4) is 0 Å². The molecule has 0 radical (unpaired) electrons. The smallest absolute Gasteiger partial charge is 0.0596 e. The van der Waals surface area contributed by atoms with E-state index in [9.17, 15) is 0 Å². The lowest BCUT2D eigenvalue weighted by Crippen LogP contribution is -2.12. The van der Waals surface area contributed by atoms with Gasteiger partial charge in [-0.3, -0.25) is 0 Å². The molecule has 1 N–H and O–H groups in total. The molecule has 0 saturated heterocycles. The first-order valence-electron chi connectivity index (χ1n) is 6.02. The standard InChI is InChI=1S/C15H16BrClN2/c1-19(2)15-6-4-3-5-14(15)18-10-11-7-8-13(17)12(16)9-11/h3-9,18H,10H2,1-2H3. The minimum atomic E-state index is 0.734. The van der Waals surface area contributed by atoms with Gasteiger partial charge in [-0.25, -0.2) is 0 Å². The molecule has 0 bridgehead atoms. The fourth-order valence-electron chi connectivity index (χ4n) is 1.86. The first-order chi connectivity index (χ1) is 9.08. The quantitative estimate of drug-likeness (QED) is 0.862. The zero-order chi connectivity index (χ0) is 13.8. The second kappa shape index (κ2) is 6.31. The van der Waals surface area contributed by atoms with Crippen LogP contribution in [-0.4, -0.2) is 14.1 Å². The van der Waals surface area contributed by atoms with Crippen LogP contribution in [0.5, 0.6) is 0 Å². The summed E-state index contributed by atoms with van der Waals surface area (Å²) in [5, 5.41) is 4.19. The molecule has 0 saturated carbocycles. The highest BCUT2D eigenvalue weighted by Crippen LogP contribution is 2.26. The van der Waals surface area contributed by atoms with Crippen molar-refractivity contribution < 1.29 is 0 Å². The summed E-state index contributed by atoms with van der Waals surface area (Å²) < 4.78 is 0.925. The van der Waals surface area contributed by atoms with Crippen molar-refractivity contribution in [2.45, 2.75) is 6.54 Å². The molecule has 2 aromatic carbocycles. The van der Waals surface area contributed by atoms with Crippen LogP contribution in [0.15, 0.2) is 46.9 Å². The highest BCUT2D eigenvalue weighted by Gasteiger charge is 2.04. The van der Waals surface area contributed by atoms with Crippen molar-refractivity contribution in [1.82, 2.24) is 0 Å². The Bertz CT molecular complexity index is 570. The topological polar surface area (TPSA) is 15.3 Å². The van der Waals surface area contributed by atoms with E-state index in [0.29, 0.717) is 0 Å². The molecule has 0 aliphatic rings. The summed E-state index contributed by atoms with van der Waals surface area (Å²) in [5.41, 5.74) is 3.49. The number of halogens is 2. The van der Waals surface area contributed by atoms with Crippen molar-refractivity contribution in [3.63, 3.8) is 0 Å². The second-order valence-electron chi connectivity index (χ2n) is 4.51. The van der Waals surface area contributed by atoms with Gasteiger partial charge in [0.1, 0.15) is 0 Å². The zero-order valence-corrected chi connectivity index (χ0v) is 13.3. The van der Waals surface area contributed by atoms with Gasteiger partial charge in [0.15, 0.2) is 0 Å². The SMILES string of the molecule is CN(C)c1ccccc1NCc1ccc(Cl)c(Br)c1. The zero-order valence-electron chi connectivity index (χ0n) is 11.0. The van der Waals surface area contributed by atoms with Crippen molar-refractivity contribution in [2.75, 3.05) is 24.3 Å². The Morgan fingerprint density at radius 3 is 2.58 bits per heavy atom. The average Bonchev–Trinajstić information content (AvgIpc) is 2.40. The molecule has 0 unspecified atom stereocenters. The van der Waals surface area contributed by atoms with Crippen LogP contribution in [-0.2, 0) is 6.54 Å². The highest BCUT2D eigenvalue weighted by atomic mass is 79.9. The number of nitrogens with one attached hydrogen (secondary N) is 1. The van der Waals surface area contributed by atoms with Gasteiger partial charge in [-0.15, -0.1) is 0 Å². The molecule has 0 spiro atoms. The molecule has 0 atom stereocenters. The van der Waals surface area contributed by atoms with E-state index in [1.165, 1.54) is 11.3 Å². The van der Waals surface area contributed by atoms with Gasteiger partial charge in [0.2, 0.25) is 0 Å². The van der Waals surface area contributed by atoms with Crippen LogP contribution in [0.1, 0.15) is 5.56 Å². The van der Waals surface area contributed by atoms with E-state index in [2.05, 4.69) is 38.3 Å². The van der Waals surface area contributed by atoms with Crippen LogP contribution in [0.2, 0.25) is 5.02 Å². The summed E-state index contributed by atoms with van der Waals surface area (Å²) in [4.78, 5) is 2.10. The molecule has 0 aliphatic carbocycles. The maximum absolute atomic E-state index is 5.99. The average molecular weight is 340 g/mol. The Labute approximate surface area is 127 Å². The second-order valence-corrected chi connectivity index (χ2v) is 5.78. The molecule has 2 rings (SSSR count). The highest BCUT2D eigenvalue weighted by molar-refractivity contribution is 9.10. The van der Waals surface area contributed by atoms with Crippen LogP contribution >= 0.6 is 27.5 Å². The Morgan fingerprint density at radius 1 is 1.16 bits per heavy atom. The molecule has 0 amide bonds. The first-order valence-corrected chi connectivity index (χ1v) is 7.19. The van der Waals surface area contributed by atoms with E-state index in [4.69, 9.17) is 11.6 Å². The summed E-state index contributed by atoms with van der Waals surface area (Å²) in [5.74, 6) is 0. The lowest BCUT2D eigenvalue weighted by atomic mass is 10.2. The number of rotatable bonds is 4. The molecule has 0 aromatic heterocycles. The predicted molar refractivity (Wildman–Crippen MR) is 87.2 cm³/mol. The maximum Gasteiger partial charge on any atom is 0.0596 e. The van der Waals surface area contributed by atoms with Gasteiger partial charge in [-0.05, 0) is 45.8 Å². The number of nitrogens with zero attached hydrogens (tertiary/aromatic N) is 1. The van der Waals surface area contributed by atoms with Crippen LogP contribution in [0, 0.1) is 0 Å². The molecule has 4 heteroatoms.